The quantitative estimate of drug-likeness (QED) is 0.781. The molecule has 2 aromatic rings. The van der Waals surface area contributed by atoms with Gasteiger partial charge < -0.3 is 4.74 Å². The number of halogens is 1. The van der Waals surface area contributed by atoms with E-state index in [2.05, 4.69) is 24.0 Å². The van der Waals surface area contributed by atoms with Gasteiger partial charge in [0.15, 0.2) is 0 Å². The lowest BCUT2D eigenvalue weighted by atomic mass is 10.1. The minimum atomic E-state index is -3.57. The van der Waals surface area contributed by atoms with Crippen LogP contribution in [0.4, 0.5) is 0 Å². The summed E-state index contributed by atoms with van der Waals surface area (Å²) in [5, 5.41) is 0.296. The lowest BCUT2D eigenvalue weighted by Gasteiger charge is -2.39. The van der Waals surface area contributed by atoms with Crippen LogP contribution < -0.4 is 4.74 Å². The van der Waals surface area contributed by atoms with E-state index in [1.807, 2.05) is 18.2 Å². The number of rotatable bonds is 5. The summed E-state index contributed by atoms with van der Waals surface area (Å²) in [6, 6.07) is 14.9. The van der Waals surface area contributed by atoms with Crippen LogP contribution in [0.15, 0.2) is 53.4 Å². The van der Waals surface area contributed by atoms with Gasteiger partial charge in [-0.2, -0.15) is 4.31 Å². The minimum Gasteiger partial charge on any atom is -0.495 e. The number of piperazine rings is 1. The highest BCUT2D eigenvalue weighted by Gasteiger charge is 2.32. The van der Waals surface area contributed by atoms with E-state index in [1.54, 1.807) is 12.1 Å². The molecule has 26 heavy (non-hydrogen) atoms. The van der Waals surface area contributed by atoms with E-state index in [0.29, 0.717) is 30.4 Å². The van der Waals surface area contributed by atoms with Crippen molar-refractivity contribution in [2.45, 2.75) is 24.4 Å². The van der Waals surface area contributed by atoms with Crippen LogP contribution in [0, 0.1) is 0 Å². The second-order valence-electron chi connectivity index (χ2n) is 6.46. The number of hydrogen-bond acceptors (Lipinski definition) is 4. The number of nitrogens with zero attached hydrogens (tertiary/aromatic N) is 2. The zero-order valence-electron chi connectivity index (χ0n) is 14.9. The third kappa shape index (κ3) is 4.04. The summed E-state index contributed by atoms with van der Waals surface area (Å²) < 4.78 is 32.6. The van der Waals surface area contributed by atoms with Crippen molar-refractivity contribution < 1.29 is 13.2 Å². The molecule has 0 aliphatic carbocycles. The Morgan fingerprint density at radius 2 is 1.88 bits per heavy atom. The molecule has 1 aliphatic rings. The largest absolute Gasteiger partial charge is 0.495 e. The predicted octanol–water partition coefficient (Wildman–Crippen LogP) is 3.24. The van der Waals surface area contributed by atoms with E-state index >= 15 is 0 Å². The first-order chi connectivity index (χ1) is 12.4. The molecule has 0 amide bonds. The third-order valence-corrected chi connectivity index (χ3v) is 6.87. The highest BCUT2D eigenvalue weighted by atomic mass is 35.5. The molecule has 0 saturated carbocycles. The smallest absolute Gasteiger partial charge is 0.243 e. The Bertz CT molecular complexity index is 858. The van der Waals surface area contributed by atoms with Crippen molar-refractivity contribution in [3.05, 3.63) is 59.1 Å². The average molecular weight is 395 g/mol. The van der Waals surface area contributed by atoms with Gasteiger partial charge in [-0.25, -0.2) is 8.42 Å². The standard InChI is InChI=1S/C19H23ClN2O3S/c1-15-13-22(11-10-21(15)14-16-6-4-3-5-7-16)26(23,24)17-8-9-19(25-2)18(20)12-17/h3-9,12,15H,10-11,13-14H2,1-2H3. The fourth-order valence-corrected chi connectivity index (χ4v) is 5.05. The average Bonchev–Trinajstić information content (AvgIpc) is 2.64. The van der Waals surface area contributed by atoms with Crippen LogP contribution in [-0.2, 0) is 16.6 Å². The zero-order valence-corrected chi connectivity index (χ0v) is 16.5. The Balaban J connectivity index is 1.72. The van der Waals surface area contributed by atoms with Gasteiger partial charge in [-0.15, -0.1) is 0 Å². The van der Waals surface area contributed by atoms with Crippen LogP contribution in [0.5, 0.6) is 5.75 Å². The van der Waals surface area contributed by atoms with Crippen molar-refractivity contribution in [2.75, 3.05) is 26.7 Å². The molecule has 3 rings (SSSR count). The van der Waals surface area contributed by atoms with Crippen LogP contribution in [0.25, 0.3) is 0 Å². The molecule has 1 atom stereocenters. The van der Waals surface area contributed by atoms with E-state index in [-0.39, 0.29) is 10.9 Å². The van der Waals surface area contributed by atoms with Gasteiger partial charge in [-0.3, -0.25) is 4.90 Å². The molecule has 0 aromatic heterocycles. The summed E-state index contributed by atoms with van der Waals surface area (Å²) in [5.41, 5.74) is 1.23. The maximum absolute atomic E-state index is 13.0. The van der Waals surface area contributed by atoms with Crippen molar-refractivity contribution in [1.29, 1.82) is 0 Å². The Morgan fingerprint density at radius 1 is 1.15 bits per heavy atom. The molecule has 1 saturated heterocycles. The molecule has 0 spiro atoms. The molecule has 0 N–H and O–H groups in total. The molecular weight excluding hydrogens is 372 g/mol. The summed E-state index contributed by atoms with van der Waals surface area (Å²) in [4.78, 5) is 2.51. The van der Waals surface area contributed by atoms with Gasteiger partial charge in [0.2, 0.25) is 10.0 Å². The maximum Gasteiger partial charge on any atom is 0.243 e. The SMILES string of the molecule is COc1ccc(S(=O)(=O)N2CCN(Cc3ccccc3)C(C)C2)cc1Cl. The van der Waals surface area contributed by atoms with Gasteiger partial charge in [-0.1, -0.05) is 41.9 Å². The number of benzene rings is 2. The van der Waals surface area contributed by atoms with Gasteiger partial charge in [-0.05, 0) is 30.7 Å². The summed E-state index contributed by atoms with van der Waals surface area (Å²) in [5.74, 6) is 0.465. The fourth-order valence-electron chi connectivity index (χ4n) is 3.19. The molecule has 1 heterocycles. The fraction of sp³-hybridized carbons (Fsp3) is 0.368. The lowest BCUT2D eigenvalue weighted by molar-refractivity contribution is 0.122. The van der Waals surface area contributed by atoms with E-state index in [0.717, 1.165) is 6.54 Å². The normalized spacial score (nSPS) is 19.4. The van der Waals surface area contributed by atoms with E-state index < -0.39 is 10.0 Å². The Labute approximate surface area is 160 Å². The highest BCUT2D eigenvalue weighted by molar-refractivity contribution is 7.89. The molecule has 140 valence electrons. The van der Waals surface area contributed by atoms with Crippen molar-refractivity contribution in [2.24, 2.45) is 0 Å². The summed E-state index contributed by atoms with van der Waals surface area (Å²) >= 11 is 6.10. The Kier molecular flexibility index (Phi) is 5.87. The van der Waals surface area contributed by atoms with Crippen LogP contribution in [0.1, 0.15) is 12.5 Å². The van der Waals surface area contributed by atoms with Crippen LogP contribution >= 0.6 is 11.6 Å². The van der Waals surface area contributed by atoms with Gasteiger partial charge in [0, 0.05) is 32.2 Å². The molecule has 7 heteroatoms. The maximum atomic E-state index is 13.0. The molecule has 5 nitrogen and oxygen atoms in total. The first-order valence-electron chi connectivity index (χ1n) is 8.53. The van der Waals surface area contributed by atoms with Crippen molar-refractivity contribution in [3.63, 3.8) is 0 Å². The molecule has 1 aliphatic heterocycles. The van der Waals surface area contributed by atoms with E-state index in [9.17, 15) is 8.42 Å². The molecule has 1 unspecified atom stereocenters. The molecule has 0 radical (unpaired) electrons. The van der Waals surface area contributed by atoms with E-state index in [1.165, 1.54) is 23.0 Å². The van der Waals surface area contributed by atoms with Crippen LogP contribution in [0.2, 0.25) is 5.02 Å². The van der Waals surface area contributed by atoms with Gasteiger partial charge >= 0.3 is 0 Å². The first-order valence-corrected chi connectivity index (χ1v) is 10.4. The zero-order chi connectivity index (χ0) is 18.7. The summed E-state index contributed by atoms with van der Waals surface area (Å²) in [6.45, 7) is 4.50. The molecular formula is C19H23ClN2O3S. The lowest BCUT2D eigenvalue weighted by Crippen LogP contribution is -2.53. The Hall–Kier alpha value is -1.60. The number of ether oxygens (including phenoxy) is 1. The van der Waals surface area contributed by atoms with Crippen LogP contribution in [0.3, 0.4) is 0 Å². The predicted molar refractivity (Wildman–Crippen MR) is 103 cm³/mol. The molecule has 1 fully saturated rings. The monoisotopic (exact) mass is 394 g/mol. The minimum absolute atomic E-state index is 0.132. The van der Waals surface area contributed by atoms with Gasteiger partial charge in [0.1, 0.15) is 5.75 Å². The van der Waals surface area contributed by atoms with Crippen molar-refractivity contribution in [1.82, 2.24) is 9.21 Å². The van der Waals surface area contributed by atoms with Gasteiger partial charge in [0.25, 0.3) is 0 Å². The molecule has 0 bridgehead atoms. The second-order valence-corrected chi connectivity index (χ2v) is 8.81. The topological polar surface area (TPSA) is 49.9 Å². The van der Waals surface area contributed by atoms with Crippen LogP contribution in [-0.4, -0.2) is 50.4 Å². The Morgan fingerprint density at radius 3 is 2.50 bits per heavy atom. The van der Waals surface area contributed by atoms with Crippen molar-refractivity contribution in [3.8, 4) is 5.75 Å². The molecule has 2 aromatic carbocycles. The first kappa shape index (κ1) is 19.2. The number of hydrogen-bond donors (Lipinski definition) is 0. The third-order valence-electron chi connectivity index (χ3n) is 4.72. The second kappa shape index (κ2) is 7.96. The highest BCUT2D eigenvalue weighted by Crippen LogP contribution is 2.29. The van der Waals surface area contributed by atoms with E-state index in [4.69, 9.17) is 16.3 Å². The number of sulfonamides is 1. The number of methoxy groups -OCH3 is 1. The summed E-state index contributed by atoms with van der Waals surface area (Å²) in [6.07, 6.45) is 0. The summed E-state index contributed by atoms with van der Waals surface area (Å²) in [7, 11) is -2.07. The van der Waals surface area contributed by atoms with Gasteiger partial charge in [0.05, 0.1) is 17.0 Å². The van der Waals surface area contributed by atoms with Crippen molar-refractivity contribution >= 4 is 21.6 Å².